The molecule has 0 unspecified atom stereocenters. The molecule has 30 heavy (non-hydrogen) atoms. The van der Waals surface area contributed by atoms with Crippen LogP contribution in [-0.4, -0.2) is 19.6 Å². The van der Waals surface area contributed by atoms with Crippen molar-refractivity contribution in [2.75, 3.05) is 17.7 Å². The van der Waals surface area contributed by atoms with Gasteiger partial charge in [0, 0.05) is 17.8 Å². The summed E-state index contributed by atoms with van der Waals surface area (Å²) in [5.74, 6) is -0.569. The molecule has 0 saturated heterocycles. The van der Waals surface area contributed by atoms with E-state index < -0.39 is 12.5 Å². The molecule has 0 atom stereocenters. The summed E-state index contributed by atoms with van der Waals surface area (Å²) in [5, 5.41) is 6.40. The van der Waals surface area contributed by atoms with E-state index in [-0.39, 0.29) is 17.1 Å². The SMILES string of the molecule is COc1cc(C(=O)Nc2ccc(NCc3ccccc3)c(Cl)c2)ccc1OC(F)F. The Morgan fingerprint density at radius 1 is 1.03 bits per heavy atom. The van der Waals surface area contributed by atoms with Crippen molar-refractivity contribution in [3.05, 3.63) is 82.9 Å². The molecule has 3 aromatic rings. The number of hydrogen-bond donors (Lipinski definition) is 2. The molecular weight excluding hydrogens is 414 g/mol. The number of amides is 1. The fraction of sp³-hybridized carbons (Fsp3) is 0.136. The summed E-state index contributed by atoms with van der Waals surface area (Å²) in [5.41, 5.74) is 2.55. The molecule has 0 spiro atoms. The van der Waals surface area contributed by atoms with Crippen LogP contribution in [0.4, 0.5) is 20.2 Å². The second kappa shape index (κ2) is 9.93. The lowest BCUT2D eigenvalue weighted by molar-refractivity contribution is -0.0512. The van der Waals surface area contributed by atoms with Gasteiger partial charge in [-0.05, 0) is 42.0 Å². The average Bonchev–Trinajstić information content (AvgIpc) is 2.73. The van der Waals surface area contributed by atoms with E-state index in [1.54, 1.807) is 18.2 Å². The zero-order valence-electron chi connectivity index (χ0n) is 16.0. The summed E-state index contributed by atoms with van der Waals surface area (Å²) < 4.78 is 34.2. The van der Waals surface area contributed by atoms with Gasteiger partial charge in [0.15, 0.2) is 11.5 Å². The third-order valence-electron chi connectivity index (χ3n) is 4.19. The van der Waals surface area contributed by atoms with Crippen molar-refractivity contribution in [3.63, 3.8) is 0 Å². The Hall–Kier alpha value is -3.32. The third kappa shape index (κ3) is 5.61. The maximum absolute atomic E-state index is 12.5. The lowest BCUT2D eigenvalue weighted by atomic mass is 10.1. The highest BCUT2D eigenvalue weighted by molar-refractivity contribution is 6.33. The number of carbonyl (C=O) groups is 1. The molecule has 3 rings (SSSR count). The molecule has 5 nitrogen and oxygen atoms in total. The summed E-state index contributed by atoms with van der Waals surface area (Å²) in [4.78, 5) is 12.5. The van der Waals surface area contributed by atoms with Gasteiger partial charge in [-0.15, -0.1) is 0 Å². The van der Waals surface area contributed by atoms with Gasteiger partial charge in [-0.1, -0.05) is 41.9 Å². The van der Waals surface area contributed by atoms with Gasteiger partial charge in [0.25, 0.3) is 5.91 Å². The van der Waals surface area contributed by atoms with Gasteiger partial charge in [0.2, 0.25) is 0 Å². The maximum Gasteiger partial charge on any atom is 0.387 e. The van der Waals surface area contributed by atoms with Crippen molar-refractivity contribution in [3.8, 4) is 11.5 Å². The summed E-state index contributed by atoms with van der Waals surface area (Å²) in [6, 6.07) is 18.9. The second-order valence-electron chi connectivity index (χ2n) is 6.23. The van der Waals surface area contributed by atoms with E-state index in [0.717, 1.165) is 11.3 Å². The largest absolute Gasteiger partial charge is 0.493 e. The number of benzene rings is 3. The van der Waals surface area contributed by atoms with Gasteiger partial charge in [0.1, 0.15) is 0 Å². The highest BCUT2D eigenvalue weighted by atomic mass is 35.5. The van der Waals surface area contributed by atoms with E-state index in [1.165, 1.54) is 25.3 Å². The molecule has 3 aromatic carbocycles. The molecular formula is C22H19ClF2N2O3. The molecule has 0 saturated carbocycles. The smallest absolute Gasteiger partial charge is 0.387 e. The minimum Gasteiger partial charge on any atom is -0.493 e. The van der Waals surface area contributed by atoms with Gasteiger partial charge in [-0.3, -0.25) is 4.79 Å². The Morgan fingerprint density at radius 3 is 2.47 bits per heavy atom. The highest BCUT2D eigenvalue weighted by Crippen LogP contribution is 2.30. The monoisotopic (exact) mass is 432 g/mol. The molecule has 0 heterocycles. The first kappa shape index (κ1) is 21.4. The van der Waals surface area contributed by atoms with Crippen LogP contribution < -0.4 is 20.1 Å². The van der Waals surface area contributed by atoms with E-state index in [4.69, 9.17) is 16.3 Å². The Morgan fingerprint density at radius 2 is 1.80 bits per heavy atom. The Kier molecular flexibility index (Phi) is 7.08. The fourth-order valence-electron chi connectivity index (χ4n) is 2.73. The standard InChI is InChI=1S/C22H19ClF2N2O3/c1-29-20-11-15(7-10-19(20)30-22(24)25)21(28)27-16-8-9-18(17(23)12-16)26-13-14-5-3-2-4-6-14/h2-12,22,26H,13H2,1H3,(H,27,28). The first-order chi connectivity index (χ1) is 14.5. The molecule has 0 aliphatic heterocycles. The molecule has 0 fully saturated rings. The van der Waals surface area contributed by atoms with Crippen LogP contribution in [0.3, 0.4) is 0 Å². The number of rotatable bonds is 8. The first-order valence-corrected chi connectivity index (χ1v) is 9.35. The van der Waals surface area contributed by atoms with Gasteiger partial charge >= 0.3 is 6.61 Å². The van der Waals surface area contributed by atoms with E-state index in [2.05, 4.69) is 15.4 Å². The summed E-state index contributed by atoms with van der Waals surface area (Å²) >= 11 is 6.32. The van der Waals surface area contributed by atoms with Crippen LogP contribution >= 0.6 is 11.6 Å². The average molecular weight is 433 g/mol. The number of anilines is 2. The van der Waals surface area contributed by atoms with Gasteiger partial charge < -0.3 is 20.1 Å². The molecule has 1 amide bonds. The van der Waals surface area contributed by atoms with Crippen LogP contribution in [0.1, 0.15) is 15.9 Å². The number of hydrogen-bond acceptors (Lipinski definition) is 4. The molecule has 0 radical (unpaired) electrons. The molecule has 0 aliphatic rings. The number of carbonyl (C=O) groups excluding carboxylic acids is 1. The second-order valence-corrected chi connectivity index (χ2v) is 6.64. The number of ether oxygens (including phenoxy) is 2. The van der Waals surface area contributed by atoms with Crippen molar-refractivity contribution in [2.24, 2.45) is 0 Å². The highest BCUT2D eigenvalue weighted by Gasteiger charge is 2.15. The van der Waals surface area contributed by atoms with Crippen molar-refractivity contribution in [2.45, 2.75) is 13.2 Å². The molecule has 156 valence electrons. The van der Waals surface area contributed by atoms with E-state index in [0.29, 0.717) is 17.3 Å². The lowest BCUT2D eigenvalue weighted by Gasteiger charge is -2.13. The predicted molar refractivity (Wildman–Crippen MR) is 113 cm³/mol. The molecule has 0 bridgehead atoms. The fourth-order valence-corrected chi connectivity index (χ4v) is 2.98. The van der Waals surface area contributed by atoms with Crippen LogP contribution in [0.2, 0.25) is 5.02 Å². The normalized spacial score (nSPS) is 10.6. The Labute approximate surface area is 177 Å². The maximum atomic E-state index is 12.5. The third-order valence-corrected chi connectivity index (χ3v) is 4.51. The van der Waals surface area contributed by atoms with Crippen molar-refractivity contribution < 1.29 is 23.0 Å². The van der Waals surface area contributed by atoms with Crippen LogP contribution in [0.5, 0.6) is 11.5 Å². The quantitative estimate of drug-likeness (QED) is 0.471. The summed E-state index contributed by atoms with van der Waals surface area (Å²) in [6.45, 7) is -2.38. The first-order valence-electron chi connectivity index (χ1n) is 8.98. The van der Waals surface area contributed by atoms with Crippen LogP contribution in [-0.2, 0) is 6.54 Å². The molecule has 8 heteroatoms. The van der Waals surface area contributed by atoms with Crippen molar-refractivity contribution in [1.82, 2.24) is 0 Å². The van der Waals surface area contributed by atoms with Gasteiger partial charge in [-0.2, -0.15) is 8.78 Å². The Balaban J connectivity index is 1.67. The van der Waals surface area contributed by atoms with Gasteiger partial charge in [0.05, 0.1) is 17.8 Å². The number of methoxy groups -OCH3 is 1. The van der Waals surface area contributed by atoms with E-state index >= 15 is 0 Å². The zero-order chi connectivity index (χ0) is 21.5. The number of halogens is 3. The molecule has 0 aliphatic carbocycles. The number of alkyl halides is 2. The predicted octanol–water partition coefficient (Wildman–Crippen LogP) is 5.81. The molecule has 0 aromatic heterocycles. The lowest BCUT2D eigenvalue weighted by Crippen LogP contribution is -2.12. The van der Waals surface area contributed by atoms with Crippen LogP contribution in [0.15, 0.2) is 66.7 Å². The van der Waals surface area contributed by atoms with Crippen LogP contribution in [0, 0.1) is 0 Å². The van der Waals surface area contributed by atoms with Crippen molar-refractivity contribution in [1.29, 1.82) is 0 Å². The minimum atomic E-state index is -2.99. The van der Waals surface area contributed by atoms with E-state index in [1.807, 2.05) is 30.3 Å². The van der Waals surface area contributed by atoms with Crippen LogP contribution in [0.25, 0.3) is 0 Å². The van der Waals surface area contributed by atoms with E-state index in [9.17, 15) is 13.6 Å². The van der Waals surface area contributed by atoms with Gasteiger partial charge in [-0.25, -0.2) is 0 Å². The summed E-state index contributed by atoms with van der Waals surface area (Å²) in [6.07, 6.45) is 0. The Bertz CT molecular complexity index is 1020. The molecule has 2 N–H and O–H groups in total. The topological polar surface area (TPSA) is 59.6 Å². The van der Waals surface area contributed by atoms with Crippen molar-refractivity contribution >= 4 is 28.9 Å². The minimum absolute atomic E-state index is 0.0291. The summed E-state index contributed by atoms with van der Waals surface area (Å²) in [7, 11) is 1.30. The number of nitrogens with one attached hydrogen (secondary N) is 2. The zero-order valence-corrected chi connectivity index (χ0v) is 16.7.